The van der Waals surface area contributed by atoms with Gasteiger partial charge in [-0.2, -0.15) is 0 Å². The summed E-state index contributed by atoms with van der Waals surface area (Å²) in [5.74, 6) is -0.807. The molecule has 1 amide bonds. The van der Waals surface area contributed by atoms with E-state index in [1.165, 1.54) is 24.4 Å². The summed E-state index contributed by atoms with van der Waals surface area (Å²) >= 11 is 0. The Labute approximate surface area is 104 Å². The van der Waals surface area contributed by atoms with Crippen molar-refractivity contribution in [1.29, 1.82) is 0 Å². The van der Waals surface area contributed by atoms with Gasteiger partial charge in [0.1, 0.15) is 6.04 Å². The van der Waals surface area contributed by atoms with E-state index in [1.54, 1.807) is 12.1 Å². The summed E-state index contributed by atoms with van der Waals surface area (Å²) in [5, 5.41) is 9.60. The van der Waals surface area contributed by atoms with Gasteiger partial charge in [-0.05, 0) is 12.1 Å². The zero-order valence-corrected chi connectivity index (χ0v) is 9.94. The Kier molecular flexibility index (Phi) is 3.57. The van der Waals surface area contributed by atoms with E-state index >= 15 is 0 Å². The van der Waals surface area contributed by atoms with E-state index in [1.807, 2.05) is 0 Å². The van der Waals surface area contributed by atoms with Crippen LogP contribution in [0.15, 0.2) is 24.5 Å². The van der Waals surface area contributed by atoms with Gasteiger partial charge in [0.15, 0.2) is 0 Å². The highest BCUT2D eigenvalue weighted by Gasteiger charge is 2.39. The van der Waals surface area contributed by atoms with Gasteiger partial charge in [-0.25, -0.2) is 4.79 Å². The fourth-order valence-electron chi connectivity index (χ4n) is 2.06. The van der Waals surface area contributed by atoms with Crippen LogP contribution in [0.25, 0.3) is 0 Å². The number of carbonyl (C=O) groups is 2. The van der Waals surface area contributed by atoms with Gasteiger partial charge < -0.3 is 14.7 Å². The number of hydrogen-bond acceptors (Lipinski definition) is 5. The molecule has 1 N–H and O–H groups in total. The van der Waals surface area contributed by atoms with Crippen molar-refractivity contribution in [3.8, 4) is 0 Å². The molecule has 1 saturated heterocycles. The highest BCUT2D eigenvalue weighted by molar-refractivity contribution is 5.97. The number of nitrogens with zero attached hydrogens (tertiary/aromatic N) is 2. The molecule has 96 valence electrons. The van der Waals surface area contributed by atoms with Gasteiger partial charge in [0.25, 0.3) is 5.91 Å². The maximum absolute atomic E-state index is 12.2. The maximum Gasteiger partial charge on any atom is 0.328 e. The van der Waals surface area contributed by atoms with Crippen molar-refractivity contribution in [2.24, 2.45) is 0 Å². The maximum atomic E-state index is 12.2. The van der Waals surface area contributed by atoms with Crippen LogP contribution in [0.2, 0.25) is 0 Å². The number of amides is 1. The first-order valence-electron chi connectivity index (χ1n) is 5.60. The second-order valence-electron chi connectivity index (χ2n) is 4.12. The van der Waals surface area contributed by atoms with Crippen molar-refractivity contribution in [1.82, 2.24) is 9.88 Å². The summed E-state index contributed by atoms with van der Waals surface area (Å²) in [7, 11) is 1.27. The molecule has 1 aromatic heterocycles. The molecule has 6 nitrogen and oxygen atoms in total. The molecule has 2 unspecified atom stereocenters. The van der Waals surface area contributed by atoms with Crippen molar-refractivity contribution >= 4 is 11.9 Å². The van der Waals surface area contributed by atoms with Crippen molar-refractivity contribution < 1.29 is 19.4 Å². The molecule has 18 heavy (non-hydrogen) atoms. The molecule has 0 bridgehead atoms. The molecule has 1 aliphatic heterocycles. The summed E-state index contributed by atoms with van der Waals surface area (Å²) in [6.07, 6.45) is 2.53. The van der Waals surface area contributed by atoms with E-state index in [0.29, 0.717) is 5.56 Å². The van der Waals surface area contributed by atoms with E-state index in [-0.39, 0.29) is 18.9 Å². The number of methoxy groups -OCH3 is 1. The van der Waals surface area contributed by atoms with Gasteiger partial charge in [-0.3, -0.25) is 9.78 Å². The molecule has 1 aliphatic rings. The predicted octanol–water partition coefficient (Wildman–Crippen LogP) is -0.170. The molecular weight excluding hydrogens is 236 g/mol. The zero-order chi connectivity index (χ0) is 13.1. The lowest BCUT2D eigenvalue weighted by molar-refractivity contribution is -0.145. The van der Waals surface area contributed by atoms with Gasteiger partial charge in [-0.15, -0.1) is 0 Å². The van der Waals surface area contributed by atoms with Crippen molar-refractivity contribution in [3.05, 3.63) is 30.1 Å². The van der Waals surface area contributed by atoms with Gasteiger partial charge in [0.05, 0.1) is 13.2 Å². The van der Waals surface area contributed by atoms with Crippen molar-refractivity contribution in [2.75, 3.05) is 13.7 Å². The fraction of sp³-hybridized carbons (Fsp3) is 0.417. The lowest BCUT2D eigenvalue weighted by atomic mass is 10.2. The summed E-state index contributed by atoms with van der Waals surface area (Å²) in [6, 6.07) is 2.42. The average Bonchev–Trinajstić information content (AvgIpc) is 2.80. The Morgan fingerprint density at radius 1 is 1.44 bits per heavy atom. The number of ether oxygens (including phenoxy) is 1. The van der Waals surface area contributed by atoms with Crippen molar-refractivity contribution in [2.45, 2.75) is 18.6 Å². The molecule has 2 heterocycles. The average molecular weight is 250 g/mol. The monoisotopic (exact) mass is 250 g/mol. The summed E-state index contributed by atoms with van der Waals surface area (Å²) in [4.78, 5) is 28.9. The SMILES string of the molecule is COC(=O)C1CC(O)CN1C(=O)c1ccncc1. The summed E-state index contributed by atoms with van der Waals surface area (Å²) in [6.45, 7) is 0.140. The van der Waals surface area contributed by atoms with E-state index in [0.717, 1.165) is 0 Å². The lowest BCUT2D eigenvalue weighted by Crippen LogP contribution is -2.41. The van der Waals surface area contributed by atoms with E-state index in [2.05, 4.69) is 9.72 Å². The number of esters is 1. The normalized spacial score (nSPS) is 22.9. The Bertz CT molecular complexity index is 449. The third-order valence-electron chi connectivity index (χ3n) is 2.94. The minimum atomic E-state index is -0.717. The highest BCUT2D eigenvalue weighted by atomic mass is 16.5. The van der Waals surface area contributed by atoms with Crippen LogP contribution in [0.4, 0.5) is 0 Å². The van der Waals surface area contributed by atoms with E-state index < -0.39 is 18.1 Å². The first-order chi connectivity index (χ1) is 8.63. The number of aliphatic hydroxyl groups excluding tert-OH is 1. The molecule has 0 radical (unpaired) electrons. The third kappa shape index (κ3) is 2.33. The number of rotatable bonds is 2. The van der Waals surface area contributed by atoms with Gasteiger partial charge >= 0.3 is 5.97 Å². The Hall–Kier alpha value is -1.95. The van der Waals surface area contributed by atoms with Crippen molar-refractivity contribution in [3.63, 3.8) is 0 Å². The van der Waals surface area contributed by atoms with Gasteiger partial charge in [-0.1, -0.05) is 0 Å². The molecule has 1 fully saturated rings. The smallest absolute Gasteiger partial charge is 0.328 e. The molecule has 6 heteroatoms. The summed E-state index contributed by atoms with van der Waals surface area (Å²) in [5.41, 5.74) is 0.438. The van der Waals surface area contributed by atoms with E-state index in [4.69, 9.17) is 0 Å². The topological polar surface area (TPSA) is 79.7 Å². The van der Waals surface area contributed by atoms with Crippen LogP contribution in [0, 0.1) is 0 Å². The molecule has 2 atom stereocenters. The van der Waals surface area contributed by atoms with Crippen LogP contribution < -0.4 is 0 Å². The second-order valence-corrected chi connectivity index (χ2v) is 4.12. The van der Waals surface area contributed by atoms with Gasteiger partial charge in [0.2, 0.25) is 0 Å². The number of likely N-dealkylation sites (tertiary alicyclic amines) is 1. The number of pyridine rings is 1. The number of aromatic nitrogens is 1. The van der Waals surface area contributed by atoms with Crippen LogP contribution in [-0.4, -0.2) is 52.7 Å². The fourth-order valence-corrected chi connectivity index (χ4v) is 2.06. The molecule has 0 saturated carbocycles. The first kappa shape index (κ1) is 12.5. The lowest BCUT2D eigenvalue weighted by Gasteiger charge is -2.22. The third-order valence-corrected chi connectivity index (χ3v) is 2.94. The standard InChI is InChI=1S/C12H14N2O4/c1-18-12(17)10-6-9(15)7-14(10)11(16)8-2-4-13-5-3-8/h2-5,9-10,15H,6-7H2,1H3. The van der Waals surface area contributed by atoms with Crippen LogP contribution in [0.1, 0.15) is 16.8 Å². The molecule has 2 rings (SSSR count). The minimum absolute atomic E-state index is 0.140. The molecular formula is C12H14N2O4. The number of carbonyl (C=O) groups excluding carboxylic acids is 2. The number of hydrogen-bond donors (Lipinski definition) is 1. The predicted molar refractivity (Wildman–Crippen MR) is 61.7 cm³/mol. The zero-order valence-electron chi connectivity index (χ0n) is 9.94. The molecule has 0 aliphatic carbocycles. The molecule has 1 aromatic rings. The molecule has 0 spiro atoms. The number of aliphatic hydroxyl groups is 1. The summed E-state index contributed by atoms with van der Waals surface area (Å²) < 4.78 is 4.64. The Balaban J connectivity index is 2.21. The quantitative estimate of drug-likeness (QED) is 0.737. The first-order valence-corrected chi connectivity index (χ1v) is 5.60. The van der Waals surface area contributed by atoms with E-state index in [9.17, 15) is 14.7 Å². The van der Waals surface area contributed by atoms with Gasteiger partial charge in [0, 0.05) is 30.9 Å². The highest BCUT2D eigenvalue weighted by Crippen LogP contribution is 2.21. The minimum Gasteiger partial charge on any atom is -0.467 e. The second kappa shape index (κ2) is 5.14. The number of β-amino-alcohol motifs (C(OH)–C–C–N with tert-alkyl or cyclic N) is 1. The Morgan fingerprint density at radius 2 is 2.11 bits per heavy atom. The van der Waals surface area contributed by atoms with Crippen LogP contribution >= 0.6 is 0 Å². The molecule has 0 aromatic carbocycles. The van der Waals surface area contributed by atoms with Crippen LogP contribution in [0.5, 0.6) is 0 Å². The van der Waals surface area contributed by atoms with Crippen LogP contribution in [-0.2, 0) is 9.53 Å². The Morgan fingerprint density at radius 3 is 2.72 bits per heavy atom. The largest absolute Gasteiger partial charge is 0.467 e. The van der Waals surface area contributed by atoms with Crippen LogP contribution in [0.3, 0.4) is 0 Å².